The summed E-state index contributed by atoms with van der Waals surface area (Å²) >= 11 is 0. The van der Waals surface area contributed by atoms with Crippen LogP contribution in [0.1, 0.15) is 28.8 Å². The third-order valence-corrected chi connectivity index (χ3v) is 3.57. The summed E-state index contributed by atoms with van der Waals surface area (Å²) in [6.07, 6.45) is 1.71. The van der Waals surface area contributed by atoms with Gasteiger partial charge in [-0.1, -0.05) is 11.8 Å². The van der Waals surface area contributed by atoms with Gasteiger partial charge in [-0.2, -0.15) is 0 Å². The Morgan fingerprint density at radius 2 is 2.19 bits per heavy atom. The van der Waals surface area contributed by atoms with Gasteiger partial charge in [0.2, 0.25) is 0 Å². The molecular formula is C16H18FNO3. The summed E-state index contributed by atoms with van der Waals surface area (Å²) in [4.78, 5) is 14.0. The molecular weight excluding hydrogens is 273 g/mol. The smallest absolute Gasteiger partial charge is 0.256 e. The number of carbonyl (C=O) groups is 1. The maximum Gasteiger partial charge on any atom is 0.256 e. The molecule has 1 saturated heterocycles. The molecule has 0 radical (unpaired) electrons. The highest BCUT2D eigenvalue weighted by Gasteiger charge is 2.25. The Hall–Kier alpha value is -1.90. The zero-order chi connectivity index (χ0) is 15.2. The molecule has 0 spiro atoms. The van der Waals surface area contributed by atoms with Crippen LogP contribution in [0.4, 0.5) is 4.39 Å². The Balaban J connectivity index is 2.09. The molecule has 112 valence electrons. The lowest BCUT2D eigenvalue weighted by molar-refractivity contribution is 0.0348. The van der Waals surface area contributed by atoms with Crippen molar-refractivity contribution in [2.45, 2.75) is 18.9 Å². The van der Waals surface area contributed by atoms with Crippen LogP contribution in [0.15, 0.2) is 18.2 Å². The van der Waals surface area contributed by atoms with E-state index in [0.717, 1.165) is 12.8 Å². The summed E-state index contributed by atoms with van der Waals surface area (Å²) in [7, 11) is 1.66. The molecule has 5 heteroatoms. The zero-order valence-corrected chi connectivity index (χ0v) is 11.9. The number of ether oxygens (including phenoxy) is 1. The molecule has 1 fully saturated rings. The SMILES string of the molecule is COC1CCN(C(=O)c2ccc(C#CCO)cc2F)CC1. The molecule has 0 bridgehead atoms. The van der Waals surface area contributed by atoms with E-state index >= 15 is 0 Å². The number of methoxy groups -OCH3 is 1. The monoisotopic (exact) mass is 291 g/mol. The van der Waals surface area contributed by atoms with Crippen molar-refractivity contribution in [1.82, 2.24) is 4.90 Å². The summed E-state index contributed by atoms with van der Waals surface area (Å²) in [5, 5.41) is 8.61. The van der Waals surface area contributed by atoms with Crippen LogP contribution in [0.25, 0.3) is 0 Å². The predicted octanol–water partition coefficient (Wildman–Crippen LogP) is 1.42. The second-order valence-electron chi connectivity index (χ2n) is 4.88. The fourth-order valence-electron chi connectivity index (χ4n) is 2.37. The fourth-order valence-corrected chi connectivity index (χ4v) is 2.37. The average Bonchev–Trinajstić information content (AvgIpc) is 2.52. The lowest BCUT2D eigenvalue weighted by Crippen LogP contribution is -2.40. The second kappa shape index (κ2) is 7.21. The molecule has 1 aromatic carbocycles. The van der Waals surface area contributed by atoms with Gasteiger partial charge in [-0.3, -0.25) is 4.79 Å². The van der Waals surface area contributed by atoms with E-state index in [4.69, 9.17) is 9.84 Å². The number of hydrogen-bond donors (Lipinski definition) is 1. The standard InChI is InChI=1S/C16H18FNO3/c1-21-13-6-8-18(9-7-13)16(20)14-5-4-12(3-2-10-19)11-15(14)17/h4-5,11,13,19H,6-10H2,1H3. The minimum Gasteiger partial charge on any atom is -0.384 e. The number of benzene rings is 1. The Kier molecular flexibility index (Phi) is 5.32. The molecule has 1 aliphatic rings. The predicted molar refractivity (Wildman–Crippen MR) is 76.3 cm³/mol. The van der Waals surface area contributed by atoms with E-state index in [0.29, 0.717) is 18.7 Å². The number of hydrogen-bond acceptors (Lipinski definition) is 3. The van der Waals surface area contributed by atoms with E-state index in [1.165, 1.54) is 12.1 Å². The van der Waals surface area contributed by atoms with Crippen molar-refractivity contribution in [3.8, 4) is 11.8 Å². The molecule has 0 saturated carbocycles. The first-order valence-electron chi connectivity index (χ1n) is 6.87. The summed E-state index contributed by atoms with van der Waals surface area (Å²) in [5.41, 5.74) is 0.497. The van der Waals surface area contributed by atoms with Gasteiger partial charge in [-0.05, 0) is 31.0 Å². The van der Waals surface area contributed by atoms with Crippen LogP contribution in [-0.4, -0.2) is 48.8 Å². The first-order chi connectivity index (χ1) is 10.2. The van der Waals surface area contributed by atoms with Crippen LogP contribution in [0.3, 0.4) is 0 Å². The first-order valence-corrected chi connectivity index (χ1v) is 6.87. The topological polar surface area (TPSA) is 49.8 Å². The van der Waals surface area contributed by atoms with Gasteiger partial charge in [-0.25, -0.2) is 4.39 Å². The Labute approximate surface area is 123 Å². The molecule has 1 amide bonds. The van der Waals surface area contributed by atoms with E-state index in [1.807, 2.05) is 0 Å². The van der Waals surface area contributed by atoms with Crippen molar-refractivity contribution in [2.75, 3.05) is 26.8 Å². The van der Waals surface area contributed by atoms with E-state index < -0.39 is 5.82 Å². The number of aliphatic hydroxyl groups is 1. The number of halogens is 1. The molecule has 1 heterocycles. The minimum absolute atomic E-state index is 0.0559. The van der Waals surface area contributed by atoms with Gasteiger partial charge in [0.1, 0.15) is 12.4 Å². The number of piperidine rings is 1. The van der Waals surface area contributed by atoms with Crippen molar-refractivity contribution in [1.29, 1.82) is 0 Å². The Bertz CT molecular complexity index is 569. The van der Waals surface area contributed by atoms with Crippen LogP contribution in [0.5, 0.6) is 0 Å². The van der Waals surface area contributed by atoms with Gasteiger partial charge >= 0.3 is 0 Å². The van der Waals surface area contributed by atoms with Crippen LogP contribution in [0, 0.1) is 17.7 Å². The molecule has 4 nitrogen and oxygen atoms in total. The van der Waals surface area contributed by atoms with Crippen LogP contribution in [0.2, 0.25) is 0 Å². The lowest BCUT2D eigenvalue weighted by atomic mass is 10.1. The molecule has 2 rings (SSSR count). The molecule has 21 heavy (non-hydrogen) atoms. The van der Waals surface area contributed by atoms with Crippen molar-refractivity contribution in [3.05, 3.63) is 35.1 Å². The van der Waals surface area contributed by atoms with Gasteiger partial charge < -0.3 is 14.7 Å². The normalized spacial score (nSPS) is 15.5. The van der Waals surface area contributed by atoms with E-state index in [2.05, 4.69) is 11.8 Å². The first kappa shape index (κ1) is 15.5. The van der Waals surface area contributed by atoms with E-state index in [-0.39, 0.29) is 24.2 Å². The largest absolute Gasteiger partial charge is 0.384 e. The number of amides is 1. The Morgan fingerprint density at radius 1 is 1.48 bits per heavy atom. The number of rotatable bonds is 2. The highest BCUT2D eigenvalue weighted by atomic mass is 19.1. The average molecular weight is 291 g/mol. The van der Waals surface area contributed by atoms with E-state index in [1.54, 1.807) is 18.1 Å². The number of likely N-dealkylation sites (tertiary alicyclic amines) is 1. The quantitative estimate of drug-likeness (QED) is 0.838. The second-order valence-corrected chi connectivity index (χ2v) is 4.88. The van der Waals surface area contributed by atoms with E-state index in [9.17, 15) is 9.18 Å². The van der Waals surface area contributed by atoms with Crippen molar-refractivity contribution >= 4 is 5.91 Å². The molecule has 0 atom stereocenters. The summed E-state index contributed by atoms with van der Waals surface area (Å²) in [6.45, 7) is 0.864. The third-order valence-electron chi connectivity index (χ3n) is 3.57. The van der Waals surface area contributed by atoms with Crippen molar-refractivity contribution in [2.24, 2.45) is 0 Å². The van der Waals surface area contributed by atoms with Gasteiger partial charge in [0.25, 0.3) is 5.91 Å². The molecule has 0 aromatic heterocycles. The summed E-state index contributed by atoms with van der Waals surface area (Å²) in [5.74, 6) is 4.17. The molecule has 0 aliphatic carbocycles. The number of carbonyl (C=O) groups excluding carboxylic acids is 1. The summed E-state index contributed by atoms with van der Waals surface area (Å²) in [6, 6.07) is 4.25. The fraction of sp³-hybridized carbons (Fsp3) is 0.438. The minimum atomic E-state index is -0.585. The lowest BCUT2D eigenvalue weighted by Gasteiger charge is -2.31. The maximum absolute atomic E-state index is 14.0. The van der Waals surface area contributed by atoms with Gasteiger partial charge in [0.05, 0.1) is 11.7 Å². The van der Waals surface area contributed by atoms with Gasteiger partial charge in [0.15, 0.2) is 0 Å². The number of nitrogens with zero attached hydrogens (tertiary/aromatic N) is 1. The summed E-state index contributed by atoms with van der Waals surface area (Å²) < 4.78 is 19.3. The van der Waals surface area contributed by atoms with Crippen LogP contribution < -0.4 is 0 Å². The van der Waals surface area contributed by atoms with Crippen LogP contribution in [-0.2, 0) is 4.74 Å². The Morgan fingerprint density at radius 3 is 2.76 bits per heavy atom. The highest BCUT2D eigenvalue weighted by Crippen LogP contribution is 2.18. The zero-order valence-electron chi connectivity index (χ0n) is 11.9. The highest BCUT2D eigenvalue weighted by molar-refractivity contribution is 5.94. The maximum atomic E-state index is 14.0. The van der Waals surface area contributed by atoms with Crippen molar-refractivity contribution in [3.63, 3.8) is 0 Å². The molecule has 1 N–H and O–H groups in total. The molecule has 0 unspecified atom stereocenters. The van der Waals surface area contributed by atoms with Crippen LogP contribution >= 0.6 is 0 Å². The number of aliphatic hydroxyl groups excluding tert-OH is 1. The molecule has 1 aromatic rings. The van der Waals surface area contributed by atoms with Gasteiger partial charge in [0, 0.05) is 25.8 Å². The molecule has 1 aliphatic heterocycles. The van der Waals surface area contributed by atoms with Crippen molar-refractivity contribution < 1.29 is 19.0 Å². The third kappa shape index (κ3) is 3.81. The van der Waals surface area contributed by atoms with Gasteiger partial charge in [-0.15, -0.1) is 0 Å².